The van der Waals surface area contributed by atoms with E-state index >= 15 is 0 Å². The summed E-state index contributed by atoms with van der Waals surface area (Å²) in [5, 5.41) is 0. The number of ether oxygens (including phenoxy) is 4. The summed E-state index contributed by atoms with van der Waals surface area (Å²) >= 11 is 0. The van der Waals surface area contributed by atoms with Crippen LogP contribution in [0.5, 0.6) is 0 Å². The molecule has 2 aliphatic heterocycles. The average molecular weight is 450 g/mol. The van der Waals surface area contributed by atoms with Gasteiger partial charge in [0.05, 0.1) is 37.8 Å². The fourth-order valence-corrected chi connectivity index (χ4v) is 7.08. The molecule has 2 saturated heterocycles. The number of likely N-dealkylation sites (tertiary alicyclic amines) is 1. The summed E-state index contributed by atoms with van der Waals surface area (Å²) in [6.07, 6.45) is 9.24. The van der Waals surface area contributed by atoms with Gasteiger partial charge in [-0.15, -0.1) is 0 Å². The summed E-state index contributed by atoms with van der Waals surface area (Å²) in [6.45, 7) is 7.13. The lowest BCUT2D eigenvalue weighted by molar-refractivity contribution is -0.172. The van der Waals surface area contributed by atoms with Crippen molar-refractivity contribution in [3.05, 3.63) is 0 Å². The Morgan fingerprint density at radius 3 is 2.59 bits per heavy atom. The number of hydrogen-bond acceptors (Lipinski definition) is 7. The molecular weight excluding hydrogens is 410 g/mol. The van der Waals surface area contributed by atoms with E-state index in [2.05, 4.69) is 11.8 Å². The van der Waals surface area contributed by atoms with Crippen LogP contribution in [0.3, 0.4) is 0 Å². The molecule has 0 spiro atoms. The first-order valence-electron chi connectivity index (χ1n) is 13.0. The number of carbonyl (C=O) groups is 2. The van der Waals surface area contributed by atoms with Crippen molar-refractivity contribution in [2.45, 2.75) is 82.5 Å². The highest BCUT2D eigenvalue weighted by atomic mass is 16.6. The number of rotatable bonds is 10. The van der Waals surface area contributed by atoms with Crippen LogP contribution in [0.25, 0.3) is 0 Å². The maximum atomic E-state index is 13.3. The molecule has 0 aromatic carbocycles. The molecule has 3 saturated carbocycles. The average Bonchev–Trinajstić information content (AvgIpc) is 3.54. The fourth-order valence-electron chi connectivity index (χ4n) is 7.08. The van der Waals surface area contributed by atoms with E-state index in [1.54, 1.807) is 0 Å². The zero-order chi connectivity index (χ0) is 22.1. The van der Waals surface area contributed by atoms with Gasteiger partial charge in [0.2, 0.25) is 0 Å². The van der Waals surface area contributed by atoms with Crippen molar-refractivity contribution in [2.75, 3.05) is 39.5 Å². The maximum Gasteiger partial charge on any atom is 0.310 e. The Bertz CT molecular complexity index is 686. The molecule has 5 aliphatic rings. The molecule has 7 heteroatoms. The molecule has 0 aromatic rings. The minimum absolute atomic E-state index is 0.0117. The van der Waals surface area contributed by atoms with Gasteiger partial charge in [0, 0.05) is 18.4 Å². The van der Waals surface area contributed by atoms with E-state index in [0.717, 1.165) is 45.1 Å². The molecule has 6 atom stereocenters. The van der Waals surface area contributed by atoms with Crippen LogP contribution < -0.4 is 0 Å². The van der Waals surface area contributed by atoms with E-state index in [9.17, 15) is 9.59 Å². The van der Waals surface area contributed by atoms with Crippen LogP contribution in [0, 0.1) is 23.7 Å². The predicted octanol–water partition coefficient (Wildman–Crippen LogP) is 2.95. The van der Waals surface area contributed by atoms with Crippen LogP contribution in [0.15, 0.2) is 0 Å². The van der Waals surface area contributed by atoms with Crippen molar-refractivity contribution < 1.29 is 28.5 Å². The van der Waals surface area contributed by atoms with E-state index in [1.807, 2.05) is 0 Å². The van der Waals surface area contributed by atoms with Gasteiger partial charge in [0.15, 0.2) is 0 Å². The van der Waals surface area contributed by atoms with Crippen molar-refractivity contribution in [1.29, 1.82) is 0 Å². The molecule has 0 aromatic heterocycles. The highest BCUT2D eigenvalue weighted by Crippen LogP contribution is 2.59. The standard InChI is InChI=1S/C25H39NO6/c1-2-25(8-4-5-9-25)32-24(28)20-17-16-18-19(20)23(27)31-22(18)21(17)30-15-14-29-13-12-26-10-6-3-7-11-26/h17-22H,2-16H2,1H3. The molecule has 2 heterocycles. The van der Waals surface area contributed by atoms with Crippen molar-refractivity contribution in [3.8, 4) is 0 Å². The van der Waals surface area contributed by atoms with Gasteiger partial charge < -0.3 is 23.8 Å². The van der Waals surface area contributed by atoms with E-state index in [0.29, 0.717) is 19.8 Å². The summed E-state index contributed by atoms with van der Waals surface area (Å²) in [7, 11) is 0. The van der Waals surface area contributed by atoms with Crippen molar-refractivity contribution in [2.24, 2.45) is 23.7 Å². The number of hydrogen-bond donors (Lipinski definition) is 0. The van der Waals surface area contributed by atoms with Crippen LogP contribution in [0.4, 0.5) is 0 Å². The summed E-state index contributed by atoms with van der Waals surface area (Å²) in [5.74, 6) is -1.08. The van der Waals surface area contributed by atoms with Crippen LogP contribution in [0.1, 0.15) is 64.7 Å². The Morgan fingerprint density at radius 1 is 1.06 bits per heavy atom. The van der Waals surface area contributed by atoms with Gasteiger partial charge in [0.25, 0.3) is 0 Å². The predicted molar refractivity (Wildman–Crippen MR) is 117 cm³/mol. The molecule has 7 nitrogen and oxygen atoms in total. The molecule has 32 heavy (non-hydrogen) atoms. The first kappa shape index (κ1) is 22.6. The zero-order valence-electron chi connectivity index (χ0n) is 19.5. The van der Waals surface area contributed by atoms with Crippen LogP contribution in [-0.2, 0) is 28.5 Å². The molecule has 5 rings (SSSR count). The largest absolute Gasteiger partial charge is 0.459 e. The van der Waals surface area contributed by atoms with Crippen LogP contribution in [0.2, 0.25) is 0 Å². The Hall–Kier alpha value is -1.18. The second kappa shape index (κ2) is 9.59. The van der Waals surface area contributed by atoms with Gasteiger partial charge in [-0.05, 0) is 64.5 Å². The third-order valence-corrected chi connectivity index (χ3v) is 8.83. The highest BCUT2D eigenvalue weighted by molar-refractivity contribution is 5.86. The Morgan fingerprint density at radius 2 is 1.84 bits per heavy atom. The quantitative estimate of drug-likeness (QED) is 0.375. The molecule has 2 bridgehead atoms. The van der Waals surface area contributed by atoms with Gasteiger partial charge in [-0.3, -0.25) is 9.59 Å². The normalized spacial score (nSPS) is 37.7. The minimum atomic E-state index is -0.416. The Balaban J connectivity index is 1.13. The molecule has 0 N–H and O–H groups in total. The molecule has 180 valence electrons. The molecule has 6 unspecified atom stereocenters. The van der Waals surface area contributed by atoms with Gasteiger partial charge >= 0.3 is 11.9 Å². The Labute approximate surface area is 191 Å². The first-order valence-corrected chi connectivity index (χ1v) is 13.0. The Kier molecular flexibility index (Phi) is 6.77. The zero-order valence-corrected chi connectivity index (χ0v) is 19.5. The second-order valence-corrected chi connectivity index (χ2v) is 10.5. The van der Waals surface area contributed by atoms with Crippen LogP contribution >= 0.6 is 0 Å². The number of fused-ring (bicyclic) bond motifs is 1. The number of esters is 2. The van der Waals surface area contributed by atoms with E-state index in [-0.39, 0.29) is 47.5 Å². The number of carbonyl (C=O) groups excluding carboxylic acids is 2. The molecule has 0 radical (unpaired) electrons. The lowest BCUT2D eigenvalue weighted by atomic mass is 9.78. The van der Waals surface area contributed by atoms with Gasteiger partial charge in [-0.2, -0.15) is 0 Å². The summed E-state index contributed by atoms with van der Waals surface area (Å²) < 4.78 is 23.8. The summed E-state index contributed by atoms with van der Waals surface area (Å²) in [4.78, 5) is 28.3. The lowest BCUT2D eigenvalue weighted by Crippen LogP contribution is -2.45. The number of piperidine rings is 1. The molecule has 3 aliphatic carbocycles. The second-order valence-electron chi connectivity index (χ2n) is 10.5. The lowest BCUT2D eigenvalue weighted by Gasteiger charge is -2.34. The van der Waals surface area contributed by atoms with Crippen LogP contribution in [-0.4, -0.2) is 74.1 Å². The number of nitrogens with zero attached hydrogens (tertiary/aromatic N) is 1. The smallest absolute Gasteiger partial charge is 0.310 e. The topological polar surface area (TPSA) is 74.3 Å². The first-order chi connectivity index (χ1) is 15.6. The maximum absolute atomic E-state index is 13.3. The third-order valence-electron chi connectivity index (χ3n) is 8.83. The van der Waals surface area contributed by atoms with Gasteiger partial charge in [-0.1, -0.05) is 13.3 Å². The molecular formula is C25H39NO6. The van der Waals surface area contributed by atoms with Crippen molar-refractivity contribution in [3.63, 3.8) is 0 Å². The van der Waals surface area contributed by atoms with Crippen molar-refractivity contribution in [1.82, 2.24) is 4.90 Å². The fraction of sp³-hybridized carbons (Fsp3) is 0.920. The van der Waals surface area contributed by atoms with E-state index in [1.165, 1.54) is 32.4 Å². The van der Waals surface area contributed by atoms with Crippen molar-refractivity contribution >= 4 is 11.9 Å². The molecule has 5 fully saturated rings. The SMILES string of the molecule is CCC1(OC(=O)C2C3CC4C(OC(=O)C42)C3OCCOCCN2CCCCC2)CCCC1. The third kappa shape index (κ3) is 4.21. The summed E-state index contributed by atoms with van der Waals surface area (Å²) in [6, 6.07) is 0. The highest BCUT2D eigenvalue weighted by Gasteiger charge is 2.69. The monoisotopic (exact) mass is 449 g/mol. The summed E-state index contributed by atoms with van der Waals surface area (Å²) in [5.41, 5.74) is -0.334. The minimum Gasteiger partial charge on any atom is -0.459 e. The van der Waals surface area contributed by atoms with Gasteiger partial charge in [0.1, 0.15) is 11.7 Å². The van der Waals surface area contributed by atoms with E-state index in [4.69, 9.17) is 18.9 Å². The van der Waals surface area contributed by atoms with E-state index < -0.39 is 5.92 Å². The molecule has 0 amide bonds. The van der Waals surface area contributed by atoms with Gasteiger partial charge in [-0.25, -0.2) is 0 Å².